The molecule has 2 saturated heterocycles. The van der Waals surface area contributed by atoms with Crippen molar-refractivity contribution < 1.29 is 5.11 Å². The van der Waals surface area contributed by atoms with Gasteiger partial charge in [-0.15, -0.1) is 0 Å². The SMILES string of the molecule is CCCCN1CCN(Cc2cc(-c3ssc(=S)c3-c3ccc(C)cc3)cc(CN3CCN(CCCC)CC3)c2O)CC1. The molecule has 0 radical (unpaired) electrons. The highest BCUT2D eigenvalue weighted by atomic mass is 32.9. The second-order valence-electron chi connectivity index (χ2n) is 12.1. The van der Waals surface area contributed by atoms with Crippen LogP contribution in [0.25, 0.3) is 21.6 Å². The molecule has 2 aliphatic heterocycles. The summed E-state index contributed by atoms with van der Waals surface area (Å²) in [6, 6.07) is 13.2. The van der Waals surface area contributed by atoms with Gasteiger partial charge in [0.25, 0.3) is 0 Å². The number of benzene rings is 2. The van der Waals surface area contributed by atoms with Crippen LogP contribution in [0.5, 0.6) is 5.75 Å². The molecule has 0 unspecified atom stereocenters. The fraction of sp³-hybridized carbons (Fsp3) is 0.559. The Morgan fingerprint density at radius 3 is 1.64 bits per heavy atom. The monoisotopic (exact) mass is 624 g/mol. The van der Waals surface area contributed by atoms with E-state index in [2.05, 4.69) is 76.8 Å². The highest BCUT2D eigenvalue weighted by molar-refractivity contribution is 7.80. The second-order valence-corrected chi connectivity index (χ2v) is 14.9. The molecule has 3 heterocycles. The zero-order valence-electron chi connectivity index (χ0n) is 25.7. The van der Waals surface area contributed by atoms with Crippen molar-refractivity contribution in [1.29, 1.82) is 0 Å². The molecule has 42 heavy (non-hydrogen) atoms. The number of hydrogen-bond acceptors (Lipinski definition) is 8. The van der Waals surface area contributed by atoms with E-state index in [1.165, 1.54) is 60.3 Å². The van der Waals surface area contributed by atoms with Crippen LogP contribution in [0, 0.1) is 10.7 Å². The van der Waals surface area contributed by atoms with Crippen molar-refractivity contribution in [3.63, 3.8) is 0 Å². The summed E-state index contributed by atoms with van der Waals surface area (Å²) >= 11 is 5.88. The van der Waals surface area contributed by atoms with Crippen molar-refractivity contribution in [3.8, 4) is 27.3 Å². The summed E-state index contributed by atoms with van der Waals surface area (Å²) < 4.78 is 0.946. The van der Waals surface area contributed by atoms with Gasteiger partial charge in [-0.2, -0.15) is 0 Å². The minimum absolute atomic E-state index is 0.483. The van der Waals surface area contributed by atoms with Gasteiger partial charge in [-0.3, -0.25) is 9.80 Å². The molecule has 5 rings (SSSR count). The van der Waals surface area contributed by atoms with Crippen molar-refractivity contribution in [1.82, 2.24) is 19.6 Å². The summed E-state index contributed by atoms with van der Waals surface area (Å²) in [5.41, 5.74) is 6.88. The Labute approximate surface area is 265 Å². The first-order valence-corrected chi connectivity index (χ1v) is 18.5. The van der Waals surface area contributed by atoms with Crippen LogP contribution in [-0.4, -0.2) is 90.2 Å². The summed E-state index contributed by atoms with van der Waals surface area (Å²) in [5, 5.41) is 11.7. The van der Waals surface area contributed by atoms with Crippen LogP contribution in [0.15, 0.2) is 36.4 Å². The van der Waals surface area contributed by atoms with Gasteiger partial charge in [-0.1, -0.05) is 89.4 Å². The average Bonchev–Trinajstić information content (AvgIpc) is 3.39. The molecule has 1 aromatic heterocycles. The first-order chi connectivity index (χ1) is 20.4. The predicted octanol–water partition coefficient (Wildman–Crippen LogP) is 7.72. The third-order valence-electron chi connectivity index (χ3n) is 8.88. The Balaban J connectivity index is 1.42. The minimum atomic E-state index is 0.483. The molecule has 0 bridgehead atoms. The molecule has 8 heteroatoms. The standard InChI is InChI=1S/C34H48N4OS3/c1-4-6-12-35-14-18-37(19-15-35)24-29-22-28(33-31(34(40)42-41-33)27-10-8-26(3)9-11-27)23-30(32(29)39)25-38-20-16-36(17-21-38)13-7-5-2/h8-11,22-23,39H,4-7,12-21,24-25H2,1-3H3. The van der Waals surface area contributed by atoms with Crippen LogP contribution in [0.2, 0.25) is 0 Å². The maximum Gasteiger partial charge on any atom is 0.124 e. The van der Waals surface area contributed by atoms with Gasteiger partial charge in [0.2, 0.25) is 0 Å². The van der Waals surface area contributed by atoms with Crippen LogP contribution in [0.4, 0.5) is 0 Å². The van der Waals surface area contributed by atoms with Crippen molar-refractivity contribution >= 4 is 32.9 Å². The maximum atomic E-state index is 11.7. The lowest BCUT2D eigenvalue weighted by molar-refractivity contribution is 0.123. The molecule has 228 valence electrons. The molecule has 1 N–H and O–H groups in total. The van der Waals surface area contributed by atoms with Crippen LogP contribution in [0.1, 0.15) is 56.2 Å². The zero-order chi connectivity index (χ0) is 29.5. The van der Waals surface area contributed by atoms with Crippen LogP contribution >= 0.6 is 32.9 Å². The Hall–Kier alpha value is -1.65. The van der Waals surface area contributed by atoms with Gasteiger partial charge in [-0.05, 0) is 56.1 Å². The fourth-order valence-corrected chi connectivity index (χ4v) is 9.04. The number of phenolic OH excluding ortho intramolecular Hbond substituents is 1. The van der Waals surface area contributed by atoms with Crippen LogP contribution < -0.4 is 0 Å². The highest BCUT2D eigenvalue weighted by Gasteiger charge is 2.23. The molecule has 0 atom stereocenters. The topological polar surface area (TPSA) is 33.2 Å². The first kappa shape index (κ1) is 31.8. The minimum Gasteiger partial charge on any atom is -0.507 e. The van der Waals surface area contributed by atoms with E-state index in [1.807, 2.05) is 0 Å². The number of nitrogens with zero attached hydrogens (tertiary/aromatic N) is 4. The number of unbranched alkanes of at least 4 members (excludes halogenated alkanes) is 2. The molecular weight excluding hydrogens is 577 g/mol. The van der Waals surface area contributed by atoms with Gasteiger partial charge in [0.05, 0.1) is 4.88 Å². The summed E-state index contributed by atoms with van der Waals surface area (Å²) in [6.45, 7) is 19.3. The van der Waals surface area contributed by atoms with Gasteiger partial charge in [0.15, 0.2) is 0 Å². The highest BCUT2D eigenvalue weighted by Crippen LogP contribution is 2.43. The summed E-state index contributed by atoms with van der Waals surface area (Å²) in [5.74, 6) is 0.483. The number of rotatable bonds is 12. The van der Waals surface area contributed by atoms with Crippen LogP contribution in [0.3, 0.4) is 0 Å². The fourth-order valence-electron chi connectivity index (χ4n) is 6.14. The quantitative estimate of drug-likeness (QED) is 0.164. The van der Waals surface area contributed by atoms with Gasteiger partial charge in [-0.25, -0.2) is 0 Å². The number of piperazine rings is 2. The van der Waals surface area contributed by atoms with E-state index in [1.54, 1.807) is 20.7 Å². The van der Waals surface area contributed by atoms with E-state index in [0.29, 0.717) is 5.75 Å². The Morgan fingerprint density at radius 1 is 0.690 bits per heavy atom. The number of phenols is 1. The van der Waals surface area contributed by atoms with Gasteiger partial charge >= 0.3 is 0 Å². The Bertz CT molecular complexity index is 1280. The molecular formula is C34H48N4OS3. The molecule has 0 spiro atoms. The third kappa shape index (κ3) is 8.08. The lowest BCUT2D eigenvalue weighted by Gasteiger charge is -2.36. The zero-order valence-corrected chi connectivity index (χ0v) is 28.2. The molecule has 0 amide bonds. The predicted molar refractivity (Wildman–Crippen MR) is 184 cm³/mol. The molecule has 5 nitrogen and oxygen atoms in total. The maximum absolute atomic E-state index is 11.7. The Kier molecular flexibility index (Phi) is 11.6. The number of aryl methyl sites for hydroxylation is 1. The lowest BCUT2D eigenvalue weighted by atomic mass is 9.97. The molecule has 0 aliphatic carbocycles. The normalized spacial score (nSPS) is 17.7. The largest absolute Gasteiger partial charge is 0.507 e. The summed E-state index contributed by atoms with van der Waals surface area (Å²) in [6.07, 6.45) is 5.04. The average molecular weight is 625 g/mol. The smallest absolute Gasteiger partial charge is 0.124 e. The van der Waals surface area contributed by atoms with Crippen LogP contribution in [-0.2, 0) is 13.1 Å². The lowest BCUT2D eigenvalue weighted by Crippen LogP contribution is -2.46. The first-order valence-electron chi connectivity index (χ1n) is 15.9. The van der Waals surface area contributed by atoms with E-state index in [-0.39, 0.29) is 0 Å². The van der Waals surface area contributed by atoms with E-state index in [0.717, 1.165) is 86.0 Å². The molecule has 2 fully saturated rings. The molecule has 0 saturated carbocycles. The number of aromatic hydroxyl groups is 1. The summed E-state index contributed by atoms with van der Waals surface area (Å²) in [4.78, 5) is 11.5. The molecule has 2 aromatic carbocycles. The van der Waals surface area contributed by atoms with Crippen molar-refractivity contribution in [2.45, 2.75) is 59.5 Å². The second kappa shape index (κ2) is 15.4. The van der Waals surface area contributed by atoms with Crippen molar-refractivity contribution in [3.05, 3.63) is 56.9 Å². The van der Waals surface area contributed by atoms with Gasteiger partial charge in [0, 0.05) is 82.1 Å². The van der Waals surface area contributed by atoms with Crippen molar-refractivity contribution in [2.24, 2.45) is 0 Å². The van der Waals surface area contributed by atoms with Gasteiger partial charge in [0.1, 0.15) is 9.57 Å². The van der Waals surface area contributed by atoms with E-state index < -0.39 is 0 Å². The van der Waals surface area contributed by atoms with Gasteiger partial charge < -0.3 is 14.9 Å². The molecule has 2 aliphatic rings. The van der Waals surface area contributed by atoms with E-state index in [9.17, 15) is 5.11 Å². The summed E-state index contributed by atoms with van der Waals surface area (Å²) in [7, 11) is 3.46. The number of hydrogen-bond donors (Lipinski definition) is 1. The van der Waals surface area contributed by atoms with Crippen molar-refractivity contribution in [2.75, 3.05) is 65.4 Å². The van der Waals surface area contributed by atoms with E-state index in [4.69, 9.17) is 12.2 Å². The Morgan fingerprint density at radius 2 is 1.17 bits per heavy atom. The van der Waals surface area contributed by atoms with E-state index >= 15 is 0 Å². The molecule has 3 aromatic rings. The third-order valence-corrected chi connectivity index (χ3v) is 11.9.